The third kappa shape index (κ3) is 3.22. The smallest absolute Gasteiger partial charge is 0.301 e. The van der Waals surface area contributed by atoms with Gasteiger partial charge in [-0.3, -0.25) is 0 Å². The second-order valence-corrected chi connectivity index (χ2v) is 6.79. The maximum atomic E-state index is 12.6. The van der Waals surface area contributed by atoms with E-state index in [0.717, 1.165) is 17.7 Å². The molecule has 0 fully saturated rings. The number of halogens is 3. The number of hydrogen-bond acceptors (Lipinski definition) is 7. The van der Waals surface area contributed by atoms with Crippen LogP contribution >= 0.6 is 11.3 Å². The zero-order valence-electron chi connectivity index (χ0n) is 9.59. The average Bonchev–Trinajstić information content (AvgIpc) is 3.05. The molecular weight excluding hydrogens is 319 g/mol. The minimum atomic E-state index is -3.95. The molecule has 11 heteroatoms. The number of sulfone groups is 1. The summed E-state index contributed by atoms with van der Waals surface area (Å²) >= 11 is 0.748. The van der Waals surface area contributed by atoms with Crippen molar-refractivity contribution in [1.29, 1.82) is 0 Å². The van der Waals surface area contributed by atoms with Crippen LogP contribution in [-0.4, -0.2) is 29.3 Å². The standard InChI is InChI=1S/C9H6F3N3O3S2/c10-5(7(11)12)1-2-20(16,17)9-13-3-6(19-9)8-14-4-18-15-8/h3-4H,1-2H2. The largest absolute Gasteiger partial charge is 0.342 e. The van der Waals surface area contributed by atoms with Crippen LogP contribution in [0.5, 0.6) is 0 Å². The van der Waals surface area contributed by atoms with Gasteiger partial charge in [0.1, 0.15) is 0 Å². The average molecular weight is 325 g/mol. The normalized spacial score (nSPS) is 11.6. The van der Waals surface area contributed by atoms with E-state index in [0.29, 0.717) is 4.88 Å². The second-order valence-electron chi connectivity index (χ2n) is 3.48. The van der Waals surface area contributed by atoms with Gasteiger partial charge < -0.3 is 4.52 Å². The number of rotatable bonds is 5. The minimum absolute atomic E-state index is 0.157. The van der Waals surface area contributed by atoms with Crippen LogP contribution in [0.4, 0.5) is 13.2 Å². The highest BCUT2D eigenvalue weighted by Gasteiger charge is 2.22. The van der Waals surface area contributed by atoms with E-state index in [1.54, 1.807) is 0 Å². The molecule has 0 saturated carbocycles. The lowest BCUT2D eigenvalue weighted by Crippen LogP contribution is -2.06. The van der Waals surface area contributed by atoms with Gasteiger partial charge in [-0.1, -0.05) is 16.5 Å². The summed E-state index contributed by atoms with van der Waals surface area (Å²) in [6.45, 7) is 0. The van der Waals surface area contributed by atoms with E-state index in [1.807, 2.05) is 0 Å². The third-order valence-electron chi connectivity index (χ3n) is 2.13. The molecule has 0 atom stereocenters. The summed E-state index contributed by atoms with van der Waals surface area (Å²) in [6, 6.07) is 0. The Labute approximate surface area is 114 Å². The second kappa shape index (κ2) is 5.71. The van der Waals surface area contributed by atoms with Gasteiger partial charge in [0, 0.05) is 6.42 Å². The van der Waals surface area contributed by atoms with Crippen molar-refractivity contribution in [3.8, 4) is 10.7 Å². The maximum absolute atomic E-state index is 12.6. The van der Waals surface area contributed by atoms with Gasteiger partial charge in [0.2, 0.25) is 26.4 Å². The van der Waals surface area contributed by atoms with Crippen LogP contribution in [0.1, 0.15) is 6.42 Å². The molecule has 0 bridgehead atoms. The monoisotopic (exact) mass is 325 g/mol. The molecule has 0 amide bonds. The van der Waals surface area contributed by atoms with E-state index in [9.17, 15) is 21.6 Å². The van der Waals surface area contributed by atoms with Crippen molar-refractivity contribution in [3.05, 3.63) is 24.5 Å². The molecule has 0 aliphatic rings. The van der Waals surface area contributed by atoms with Gasteiger partial charge in [0.25, 0.3) is 0 Å². The number of nitrogens with zero attached hydrogens (tertiary/aromatic N) is 3. The van der Waals surface area contributed by atoms with E-state index in [4.69, 9.17) is 0 Å². The molecule has 0 radical (unpaired) electrons. The highest BCUT2D eigenvalue weighted by molar-refractivity contribution is 7.93. The first-order valence-corrected chi connectivity index (χ1v) is 7.52. The van der Waals surface area contributed by atoms with Gasteiger partial charge in [-0.05, 0) is 0 Å². The van der Waals surface area contributed by atoms with Crippen molar-refractivity contribution < 1.29 is 26.1 Å². The number of hydrogen-bond donors (Lipinski definition) is 0. The fraction of sp³-hybridized carbons (Fsp3) is 0.222. The Bertz CT molecular complexity index is 721. The number of aromatic nitrogens is 3. The lowest BCUT2D eigenvalue weighted by atomic mass is 10.4. The van der Waals surface area contributed by atoms with E-state index in [1.165, 1.54) is 6.20 Å². The predicted molar refractivity (Wildman–Crippen MR) is 62.4 cm³/mol. The number of thiazole rings is 1. The summed E-state index contributed by atoms with van der Waals surface area (Å²) in [6.07, 6.45) is -1.15. The van der Waals surface area contributed by atoms with E-state index >= 15 is 0 Å². The lowest BCUT2D eigenvalue weighted by Gasteiger charge is -1.98. The van der Waals surface area contributed by atoms with Crippen LogP contribution in [0.3, 0.4) is 0 Å². The SMILES string of the molecule is O=S(=O)(CCC(F)=C(F)F)c1ncc(-c2ncon2)s1. The summed E-state index contributed by atoms with van der Waals surface area (Å²) in [5, 5.41) is 3.50. The zero-order valence-corrected chi connectivity index (χ0v) is 11.2. The van der Waals surface area contributed by atoms with E-state index in [2.05, 4.69) is 19.6 Å². The number of allylic oxidation sites excluding steroid dienone is 1. The first kappa shape index (κ1) is 14.7. The van der Waals surface area contributed by atoms with Crippen LogP contribution in [0.15, 0.2) is 33.4 Å². The Kier molecular flexibility index (Phi) is 4.18. The van der Waals surface area contributed by atoms with Crippen molar-refractivity contribution in [2.45, 2.75) is 10.8 Å². The molecule has 2 rings (SSSR count). The van der Waals surface area contributed by atoms with Gasteiger partial charge in [-0.2, -0.15) is 13.8 Å². The summed E-state index contributed by atoms with van der Waals surface area (Å²) in [4.78, 5) is 7.70. The van der Waals surface area contributed by atoms with Crippen molar-refractivity contribution in [1.82, 2.24) is 15.1 Å². The highest BCUT2D eigenvalue weighted by Crippen LogP contribution is 2.27. The quantitative estimate of drug-likeness (QED) is 0.839. The van der Waals surface area contributed by atoms with Gasteiger partial charge in [-0.25, -0.2) is 17.8 Å². The fourth-order valence-corrected chi connectivity index (χ4v) is 3.63. The van der Waals surface area contributed by atoms with Crippen molar-refractivity contribution in [3.63, 3.8) is 0 Å². The fourth-order valence-electron chi connectivity index (χ4n) is 1.19. The van der Waals surface area contributed by atoms with Crippen molar-refractivity contribution in [2.24, 2.45) is 0 Å². The van der Waals surface area contributed by atoms with Gasteiger partial charge in [0.05, 0.1) is 16.8 Å². The molecule has 0 aliphatic carbocycles. The third-order valence-corrected chi connectivity index (χ3v) is 5.31. The first-order chi connectivity index (χ1) is 9.40. The Hall–Kier alpha value is -1.75. The Balaban J connectivity index is 2.17. The predicted octanol–water partition coefficient (Wildman–Crippen LogP) is 2.43. The van der Waals surface area contributed by atoms with Gasteiger partial charge in [-0.15, -0.1) is 0 Å². The van der Waals surface area contributed by atoms with Crippen LogP contribution < -0.4 is 0 Å². The summed E-state index contributed by atoms with van der Waals surface area (Å²) in [5.74, 6) is -2.39. The molecule has 20 heavy (non-hydrogen) atoms. The molecule has 108 valence electrons. The first-order valence-electron chi connectivity index (χ1n) is 5.05. The molecule has 0 N–H and O–H groups in total. The summed E-state index contributed by atoms with van der Waals surface area (Å²) in [5.41, 5.74) is 0. The van der Waals surface area contributed by atoms with Gasteiger partial charge in [0.15, 0.2) is 5.83 Å². The molecule has 0 unspecified atom stereocenters. The molecular formula is C9H6F3N3O3S2. The maximum Gasteiger partial charge on any atom is 0.301 e. The lowest BCUT2D eigenvalue weighted by molar-refractivity contribution is 0.373. The molecule has 2 aromatic heterocycles. The molecule has 0 aliphatic heterocycles. The van der Waals surface area contributed by atoms with Crippen LogP contribution in [0.25, 0.3) is 10.7 Å². The van der Waals surface area contributed by atoms with E-state index < -0.39 is 33.9 Å². The highest BCUT2D eigenvalue weighted by atomic mass is 32.2. The Morgan fingerprint density at radius 2 is 2.05 bits per heavy atom. The van der Waals surface area contributed by atoms with Gasteiger partial charge >= 0.3 is 6.08 Å². The van der Waals surface area contributed by atoms with Crippen LogP contribution in [0.2, 0.25) is 0 Å². The van der Waals surface area contributed by atoms with Crippen molar-refractivity contribution in [2.75, 3.05) is 5.75 Å². The van der Waals surface area contributed by atoms with Crippen molar-refractivity contribution >= 4 is 21.2 Å². The summed E-state index contributed by atoms with van der Waals surface area (Å²) < 4.78 is 64.1. The summed E-state index contributed by atoms with van der Waals surface area (Å²) in [7, 11) is -3.95. The Morgan fingerprint density at radius 3 is 2.65 bits per heavy atom. The van der Waals surface area contributed by atoms with Crippen LogP contribution in [-0.2, 0) is 9.84 Å². The van der Waals surface area contributed by atoms with Crippen LogP contribution in [0, 0.1) is 0 Å². The Morgan fingerprint density at radius 1 is 1.30 bits per heavy atom. The molecule has 2 heterocycles. The molecule has 0 spiro atoms. The molecule has 0 aromatic carbocycles. The minimum Gasteiger partial charge on any atom is -0.342 e. The zero-order chi connectivity index (χ0) is 14.8. The molecule has 0 saturated heterocycles. The molecule has 6 nitrogen and oxygen atoms in total. The molecule has 2 aromatic rings. The topological polar surface area (TPSA) is 86.0 Å². The van der Waals surface area contributed by atoms with E-state index in [-0.39, 0.29) is 10.2 Å².